The first-order valence-electron chi connectivity index (χ1n) is 12.7. The number of anilines is 1. The average molecular weight is 462 g/mol. The van der Waals surface area contributed by atoms with Gasteiger partial charge in [-0.2, -0.15) is 0 Å². The lowest BCUT2D eigenvalue weighted by atomic mass is 9.86. The van der Waals surface area contributed by atoms with Crippen molar-refractivity contribution in [1.29, 1.82) is 0 Å². The van der Waals surface area contributed by atoms with E-state index in [0.717, 1.165) is 42.7 Å². The largest absolute Gasteiger partial charge is 0.336 e. The van der Waals surface area contributed by atoms with E-state index >= 15 is 0 Å². The van der Waals surface area contributed by atoms with E-state index in [-0.39, 0.29) is 23.3 Å². The standard InChI is InChI=1S/C29H39N3O2/c1-21-8-7-11-25(20-21)30-27(33)26(22-9-5-6-10-22)31-16-18-32(19-17-31)28(34)23-12-14-24(15-13-23)29(2,3)4/h7-8,11-15,20,22,26H,5-6,9-10,16-19H2,1-4H3,(H,30,33)/t26-/m0/s1. The van der Waals surface area contributed by atoms with Crippen LogP contribution in [0.5, 0.6) is 0 Å². The van der Waals surface area contributed by atoms with Crippen LogP contribution in [0.15, 0.2) is 48.5 Å². The van der Waals surface area contributed by atoms with Gasteiger partial charge in [-0.15, -0.1) is 0 Å². The lowest BCUT2D eigenvalue weighted by molar-refractivity contribution is -0.123. The summed E-state index contributed by atoms with van der Waals surface area (Å²) in [6.45, 7) is 11.3. The zero-order valence-electron chi connectivity index (χ0n) is 21.1. The van der Waals surface area contributed by atoms with Crippen LogP contribution in [0.1, 0.15) is 67.9 Å². The summed E-state index contributed by atoms with van der Waals surface area (Å²) in [5.41, 5.74) is 4.04. The van der Waals surface area contributed by atoms with Gasteiger partial charge in [0.25, 0.3) is 5.91 Å². The van der Waals surface area contributed by atoms with Gasteiger partial charge in [0, 0.05) is 37.4 Å². The van der Waals surface area contributed by atoms with Gasteiger partial charge in [0.2, 0.25) is 5.91 Å². The maximum Gasteiger partial charge on any atom is 0.253 e. The topological polar surface area (TPSA) is 52.7 Å². The molecule has 34 heavy (non-hydrogen) atoms. The molecular weight excluding hydrogens is 422 g/mol. The maximum absolute atomic E-state index is 13.4. The fourth-order valence-corrected chi connectivity index (χ4v) is 5.39. The first-order valence-corrected chi connectivity index (χ1v) is 12.7. The van der Waals surface area contributed by atoms with Crippen molar-refractivity contribution in [2.45, 2.75) is 64.8 Å². The predicted molar refractivity (Wildman–Crippen MR) is 138 cm³/mol. The molecule has 1 heterocycles. The molecule has 0 aromatic heterocycles. The lowest BCUT2D eigenvalue weighted by Gasteiger charge is -2.40. The van der Waals surface area contributed by atoms with Crippen molar-refractivity contribution in [2.75, 3.05) is 31.5 Å². The molecule has 1 aliphatic heterocycles. The molecule has 182 valence electrons. The van der Waals surface area contributed by atoms with Crippen LogP contribution in [0, 0.1) is 12.8 Å². The van der Waals surface area contributed by atoms with Gasteiger partial charge in [-0.1, -0.05) is 57.9 Å². The Balaban J connectivity index is 1.41. The SMILES string of the molecule is Cc1cccc(NC(=O)[C@H](C2CCCC2)N2CCN(C(=O)c3ccc(C(C)(C)C)cc3)CC2)c1. The molecule has 1 N–H and O–H groups in total. The number of nitrogens with zero attached hydrogens (tertiary/aromatic N) is 2. The van der Waals surface area contributed by atoms with Crippen LogP contribution in [0.25, 0.3) is 0 Å². The van der Waals surface area contributed by atoms with Crippen LogP contribution in [0.2, 0.25) is 0 Å². The molecule has 1 aliphatic carbocycles. The van der Waals surface area contributed by atoms with Gasteiger partial charge in [0.1, 0.15) is 0 Å². The third-order valence-electron chi connectivity index (χ3n) is 7.39. The Morgan fingerprint density at radius 2 is 1.59 bits per heavy atom. The summed E-state index contributed by atoms with van der Waals surface area (Å²) in [5.74, 6) is 0.564. The second-order valence-corrected chi connectivity index (χ2v) is 11.0. The van der Waals surface area contributed by atoms with E-state index in [9.17, 15) is 9.59 Å². The van der Waals surface area contributed by atoms with Gasteiger partial charge in [-0.25, -0.2) is 0 Å². The zero-order valence-corrected chi connectivity index (χ0v) is 21.1. The molecule has 0 spiro atoms. The van der Waals surface area contributed by atoms with Crippen molar-refractivity contribution in [1.82, 2.24) is 9.80 Å². The summed E-state index contributed by atoms with van der Waals surface area (Å²) in [5, 5.41) is 3.17. The minimum Gasteiger partial charge on any atom is -0.336 e. The van der Waals surface area contributed by atoms with E-state index in [1.807, 2.05) is 48.2 Å². The van der Waals surface area contributed by atoms with Crippen LogP contribution in [0.4, 0.5) is 5.69 Å². The number of hydrogen-bond donors (Lipinski definition) is 1. The summed E-state index contributed by atoms with van der Waals surface area (Å²) in [4.78, 5) is 30.8. The van der Waals surface area contributed by atoms with Gasteiger partial charge in [0.15, 0.2) is 0 Å². The van der Waals surface area contributed by atoms with E-state index in [1.165, 1.54) is 18.4 Å². The minimum absolute atomic E-state index is 0.0709. The molecule has 2 amide bonds. The number of hydrogen-bond acceptors (Lipinski definition) is 3. The monoisotopic (exact) mass is 461 g/mol. The highest BCUT2D eigenvalue weighted by molar-refractivity contribution is 5.95. The van der Waals surface area contributed by atoms with Gasteiger partial charge in [-0.3, -0.25) is 14.5 Å². The number of nitrogens with one attached hydrogen (secondary N) is 1. The van der Waals surface area contributed by atoms with Crippen molar-refractivity contribution in [3.8, 4) is 0 Å². The van der Waals surface area contributed by atoms with Gasteiger partial charge in [0.05, 0.1) is 6.04 Å². The van der Waals surface area contributed by atoms with Gasteiger partial charge >= 0.3 is 0 Å². The molecule has 0 radical (unpaired) electrons. The first-order chi connectivity index (χ1) is 16.2. The van der Waals surface area contributed by atoms with Gasteiger partial charge in [-0.05, 0) is 66.5 Å². The molecule has 5 heteroatoms. The van der Waals surface area contributed by atoms with Crippen molar-refractivity contribution >= 4 is 17.5 Å². The second kappa shape index (κ2) is 10.3. The molecule has 0 unspecified atom stereocenters. The highest BCUT2D eigenvalue weighted by atomic mass is 16.2. The van der Waals surface area contributed by atoms with Crippen LogP contribution in [0.3, 0.4) is 0 Å². The maximum atomic E-state index is 13.4. The summed E-state index contributed by atoms with van der Waals surface area (Å²) < 4.78 is 0. The molecule has 2 aromatic carbocycles. The smallest absolute Gasteiger partial charge is 0.253 e. The van der Waals surface area contributed by atoms with E-state index in [0.29, 0.717) is 19.0 Å². The summed E-state index contributed by atoms with van der Waals surface area (Å²) >= 11 is 0. The molecule has 0 bridgehead atoms. The van der Waals surface area contributed by atoms with E-state index < -0.39 is 0 Å². The Labute approximate surface area is 204 Å². The average Bonchev–Trinajstić information content (AvgIpc) is 3.33. The number of carbonyl (C=O) groups excluding carboxylic acids is 2. The number of aryl methyl sites for hydroxylation is 1. The number of carbonyl (C=O) groups is 2. The van der Waals surface area contributed by atoms with Crippen LogP contribution in [-0.2, 0) is 10.2 Å². The number of piperazine rings is 1. The van der Waals surface area contributed by atoms with E-state index in [1.54, 1.807) is 0 Å². The van der Waals surface area contributed by atoms with Gasteiger partial charge < -0.3 is 10.2 Å². The normalized spacial score (nSPS) is 18.6. The van der Waals surface area contributed by atoms with Crippen molar-refractivity contribution < 1.29 is 9.59 Å². The van der Waals surface area contributed by atoms with Crippen molar-refractivity contribution in [3.63, 3.8) is 0 Å². The fraction of sp³-hybridized carbons (Fsp3) is 0.517. The zero-order chi connectivity index (χ0) is 24.3. The molecule has 2 aliphatic rings. The summed E-state index contributed by atoms with van der Waals surface area (Å²) in [7, 11) is 0. The Morgan fingerprint density at radius 1 is 0.941 bits per heavy atom. The minimum atomic E-state index is -0.133. The van der Waals surface area contributed by atoms with Crippen LogP contribution >= 0.6 is 0 Å². The van der Waals surface area contributed by atoms with E-state index in [4.69, 9.17) is 0 Å². The molecule has 2 aromatic rings. The predicted octanol–water partition coefficient (Wildman–Crippen LogP) is 5.25. The third-order valence-corrected chi connectivity index (χ3v) is 7.39. The summed E-state index contributed by atoms with van der Waals surface area (Å²) in [6.07, 6.45) is 4.60. The molecule has 1 atom stereocenters. The van der Waals surface area contributed by atoms with Crippen molar-refractivity contribution in [2.24, 2.45) is 5.92 Å². The number of benzene rings is 2. The molecule has 4 rings (SSSR count). The number of rotatable bonds is 5. The fourth-order valence-electron chi connectivity index (χ4n) is 5.39. The van der Waals surface area contributed by atoms with Crippen LogP contribution in [-0.4, -0.2) is 53.8 Å². The van der Waals surface area contributed by atoms with Crippen molar-refractivity contribution in [3.05, 3.63) is 65.2 Å². The van der Waals surface area contributed by atoms with E-state index in [2.05, 4.69) is 43.1 Å². The Hall–Kier alpha value is -2.66. The summed E-state index contributed by atoms with van der Waals surface area (Å²) in [6, 6.07) is 15.9. The molecule has 5 nitrogen and oxygen atoms in total. The molecule has 2 fully saturated rings. The highest BCUT2D eigenvalue weighted by Crippen LogP contribution is 2.32. The second-order valence-electron chi connectivity index (χ2n) is 11.0. The third kappa shape index (κ3) is 5.69. The first kappa shape index (κ1) is 24.5. The Bertz CT molecular complexity index is 995. The molecule has 1 saturated carbocycles. The molecular formula is C29H39N3O2. The van der Waals surface area contributed by atoms with Crippen LogP contribution < -0.4 is 5.32 Å². The lowest BCUT2D eigenvalue weighted by Crippen LogP contribution is -2.56. The Morgan fingerprint density at radius 3 is 2.18 bits per heavy atom. The molecule has 1 saturated heterocycles. The quantitative estimate of drug-likeness (QED) is 0.662. The Kier molecular flexibility index (Phi) is 7.42. The highest BCUT2D eigenvalue weighted by Gasteiger charge is 2.37. The number of amides is 2.